The van der Waals surface area contributed by atoms with Gasteiger partial charge in [-0.3, -0.25) is 4.79 Å². The number of nitrogens with one attached hydrogen (secondary N) is 1. The fourth-order valence-electron chi connectivity index (χ4n) is 3.21. The number of hydrogen-bond donors (Lipinski definition) is 2. The van der Waals surface area contributed by atoms with Crippen molar-refractivity contribution in [1.82, 2.24) is 0 Å². The van der Waals surface area contributed by atoms with Crippen LogP contribution in [0.4, 0.5) is 27.6 Å². The molecular formula is C24H20F5NO5S2. The van der Waals surface area contributed by atoms with E-state index in [1.165, 1.54) is 48.2 Å². The number of ether oxygens (including phenoxy) is 1. The smallest absolute Gasteiger partial charge is 0.506 e. The van der Waals surface area contributed by atoms with E-state index in [-0.39, 0.29) is 16.2 Å². The number of phenols is 1. The molecule has 0 bridgehead atoms. The van der Waals surface area contributed by atoms with Crippen LogP contribution >= 0.6 is 11.8 Å². The highest BCUT2D eigenvalue weighted by atomic mass is 32.2. The van der Waals surface area contributed by atoms with E-state index in [9.17, 15) is 40.3 Å². The SMILES string of the molecule is CS(=O)(=O)c1cc(NC(=O)c2ccc(SCCCc3ccc(OC(F)(F)F)cc3)c(F)c2)c(F)cc1O. The molecule has 0 aliphatic heterocycles. The number of alkyl halides is 3. The molecule has 0 atom stereocenters. The van der Waals surface area contributed by atoms with Gasteiger partial charge in [-0.25, -0.2) is 17.2 Å². The summed E-state index contributed by atoms with van der Waals surface area (Å²) in [7, 11) is -3.90. The molecule has 0 radical (unpaired) electrons. The molecule has 0 heterocycles. The minimum Gasteiger partial charge on any atom is -0.506 e. The largest absolute Gasteiger partial charge is 0.573 e. The predicted molar refractivity (Wildman–Crippen MR) is 128 cm³/mol. The summed E-state index contributed by atoms with van der Waals surface area (Å²) >= 11 is 1.18. The third kappa shape index (κ3) is 8.09. The second-order valence-corrected chi connectivity index (χ2v) is 10.9. The molecular weight excluding hydrogens is 541 g/mol. The lowest BCUT2D eigenvalue weighted by Gasteiger charge is -2.11. The molecule has 1 amide bonds. The quantitative estimate of drug-likeness (QED) is 0.110. The number of aromatic hydroxyl groups is 1. The summed E-state index contributed by atoms with van der Waals surface area (Å²) in [6, 6.07) is 10.4. The molecule has 3 aromatic rings. The maximum Gasteiger partial charge on any atom is 0.573 e. The summed E-state index contributed by atoms with van der Waals surface area (Å²) in [5, 5.41) is 11.8. The van der Waals surface area contributed by atoms with Crippen LogP contribution in [0, 0.1) is 11.6 Å². The van der Waals surface area contributed by atoms with Crippen molar-refractivity contribution in [2.24, 2.45) is 0 Å². The zero-order valence-electron chi connectivity index (χ0n) is 19.1. The van der Waals surface area contributed by atoms with Crippen molar-refractivity contribution in [3.8, 4) is 11.5 Å². The minimum absolute atomic E-state index is 0.142. The number of phenolic OH excluding ortho intramolecular Hbond substituents is 1. The van der Waals surface area contributed by atoms with Gasteiger partial charge in [-0.1, -0.05) is 12.1 Å². The summed E-state index contributed by atoms with van der Waals surface area (Å²) in [6.45, 7) is 0. The Morgan fingerprint density at radius 3 is 2.30 bits per heavy atom. The maximum atomic E-state index is 14.5. The Labute approximate surface area is 213 Å². The summed E-state index contributed by atoms with van der Waals surface area (Å²) in [5.74, 6) is -3.31. The molecule has 0 fully saturated rings. The van der Waals surface area contributed by atoms with Crippen LogP contribution in [0.25, 0.3) is 0 Å². The van der Waals surface area contributed by atoms with E-state index < -0.39 is 50.1 Å². The maximum absolute atomic E-state index is 14.5. The lowest BCUT2D eigenvalue weighted by Crippen LogP contribution is -2.17. The number of amides is 1. The lowest BCUT2D eigenvalue weighted by molar-refractivity contribution is -0.274. The van der Waals surface area contributed by atoms with Crippen LogP contribution < -0.4 is 10.1 Å². The first kappa shape index (κ1) is 28.3. The molecule has 0 aromatic heterocycles. The van der Waals surface area contributed by atoms with Gasteiger partial charge in [-0.2, -0.15) is 0 Å². The molecule has 3 aromatic carbocycles. The summed E-state index contributed by atoms with van der Waals surface area (Å²) < 4.78 is 92.5. The first-order valence-corrected chi connectivity index (χ1v) is 13.4. The van der Waals surface area contributed by atoms with Gasteiger partial charge in [-0.15, -0.1) is 24.9 Å². The van der Waals surface area contributed by atoms with E-state index in [0.29, 0.717) is 24.7 Å². The van der Waals surface area contributed by atoms with Crippen molar-refractivity contribution in [2.45, 2.75) is 29.0 Å². The molecule has 13 heteroatoms. The van der Waals surface area contributed by atoms with Gasteiger partial charge in [-0.05, 0) is 60.6 Å². The molecule has 37 heavy (non-hydrogen) atoms. The van der Waals surface area contributed by atoms with Gasteiger partial charge < -0.3 is 15.2 Å². The van der Waals surface area contributed by atoms with Gasteiger partial charge in [0.15, 0.2) is 9.84 Å². The van der Waals surface area contributed by atoms with Crippen molar-refractivity contribution < 1.29 is 45.0 Å². The van der Waals surface area contributed by atoms with Crippen LogP contribution in [-0.4, -0.2) is 37.8 Å². The zero-order chi connectivity index (χ0) is 27.4. The third-order valence-electron chi connectivity index (χ3n) is 4.91. The molecule has 0 aliphatic rings. The Hall–Kier alpha value is -3.32. The molecule has 0 saturated heterocycles. The Kier molecular flexibility index (Phi) is 8.69. The number of thioether (sulfide) groups is 1. The number of carbonyl (C=O) groups is 1. The van der Waals surface area contributed by atoms with E-state index in [4.69, 9.17) is 0 Å². The second kappa shape index (κ2) is 11.4. The molecule has 0 aliphatic carbocycles. The number of hydrogen-bond acceptors (Lipinski definition) is 6. The third-order valence-corrected chi connectivity index (χ3v) is 7.18. The highest BCUT2D eigenvalue weighted by molar-refractivity contribution is 7.99. The van der Waals surface area contributed by atoms with Crippen molar-refractivity contribution >= 4 is 33.2 Å². The molecule has 0 unspecified atom stereocenters. The molecule has 198 valence electrons. The number of anilines is 1. The fraction of sp³-hybridized carbons (Fsp3) is 0.208. The van der Waals surface area contributed by atoms with Gasteiger partial charge in [0.1, 0.15) is 28.0 Å². The normalized spacial score (nSPS) is 11.8. The molecule has 6 nitrogen and oxygen atoms in total. The van der Waals surface area contributed by atoms with Crippen molar-refractivity contribution in [3.05, 3.63) is 77.4 Å². The van der Waals surface area contributed by atoms with Crippen LogP contribution in [0.3, 0.4) is 0 Å². The monoisotopic (exact) mass is 561 g/mol. The summed E-state index contributed by atoms with van der Waals surface area (Å²) in [5.41, 5.74) is 0.139. The number of rotatable bonds is 9. The number of benzene rings is 3. The average molecular weight is 562 g/mol. The highest BCUT2D eigenvalue weighted by Crippen LogP contribution is 2.30. The van der Waals surface area contributed by atoms with Crippen LogP contribution in [0.5, 0.6) is 11.5 Å². The van der Waals surface area contributed by atoms with Crippen molar-refractivity contribution in [1.29, 1.82) is 0 Å². The number of aryl methyl sites for hydroxylation is 1. The molecule has 2 N–H and O–H groups in total. The second-order valence-electron chi connectivity index (χ2n) is 7.82. The molecule has 3 rings (SSSR count). The first-order valence-electron chi connectivity index (χ1n) is 10.5. The number of halogens is 5. The standard InChI is InChI=1S/C24H20F5NO5S2/c1-37(33,34)22-13-19(17(25)12-20(22)31)30-23(32)15-6-9-21(18(26)11-15)36-10-2-3-14-4-7-16(8-5-14)35-24(27,28)29/h4-9,11-13,31H,2-3,10H2,1H3,(H,30,32). The van der Waals surface area contributed by atoms with Crippen LogP contribution in [-0.2, 0) is 16.3 Å². The van der Waals surface area contributed by atoms with Gasteiger partial charge in [0.2, 0.25) is 0 Å². The summed E-state index contributed by atoms with van der Waals surface area (Å²) in [4.78, 5) is 12.1. The van der Waals surface area contributed by atoms with Gasteiger partial charge in [0.05, 0.1) is 5.69 Å². The minimum atomic E-state index is -4.76. The average Bonchev–Trinajstić information content (AvgIpc) is 2.78. The van der Waals surface area contributed by atoms with E-state index in [2.05, 4.69) is 10.1 Å². The van der Waals surface area contributed by atoms with Gasteiger partial charge in [0, 0.05) is 22.8 Å². The van der Waals surface area contributed by atoms with E-state index in [1.807, 2.05) is 0 Å². The van der Waals surface area contributed by atoms with Gasteiger partial charge >= 0.3 is 6.36 Å². The van der Waals surface area contributed by atoms with E-state index in [1.54, 1.807) is 0 Å². The predicted octanol–water partition coefficient (Wildman–Crippen LogP) is 5.95. The number of sulfone groups is 1. The fourth-order valence-corrected chi connectivity index (χ4v) is 4.85. The first-order chi connectivity index (χ1) is 17.2. The van der Waals surface area contributed by atoms with Crippen molar-refractivity contribution in [2.75, 3.05) is 17.3 Å². The van der Waals surface area contributed by atoms with E-state index >= 15 is 0 Å². The van der Waals surface area contributed by atoms with E-state index in [0.717, 1.165) is 24.0 Å². The zero-order valence-corrected chi connectivity index (χ0v) is 20.7. The Balaban J connectivity index is 1.57. The molecule has 0 saturated carbocycles. The summed E-state index contributed by atoms with van der Waals surface area (Å²) in [6.07, 6.45) is -2.83. The topological polar surface area (TPSA) is 92.7 Å². The highest BCUT2D eigenvalue weighted by Gasteiger charge is 2.31. The Morgan fingerprint density at radius 2 is 1.70 bits per heavy atom. The molecule has 0 spiro atoms. The van der Waals surface area contributed by atoms with Crippen LogP contribution in [0.2, 0.25) is 0 Å². The Bertz CT molecular complexity index is 1390. The van der Waals surface area contributed by atoms with Crippen LogP contribution in [0.15, 0.2) is 64.4 Å². The van der Waals surface area contributed by atoms with Crippen molar-refractivity contribution in [3.63, 3.8) is 0 Å². The van der Waals surface area contributed by atoms with Gasteiger partial charge in [0.25, 0.3) is 5.91 Å². The van der Waals surface area contributed by atoms with Crippen LogP contribution in [0.1, 0.15) is 22.3 Å². The lowest BCUT2D eigenvalue weighted by atomic mass is 10.1. The number of carbonyl (C=O) groups excluding carboxylic acids is 1. The Morgan fingerprint density at radius 1 is 1.03 bits per heavy atom.